The van der Waals surface area contributed by atoms with Gasteiger partial charge in [0, 0.05) is 63.1 Å². The second-order valence-corrected chi connectivity index (χ2v) is 8.20. The van der Waals surface area contributed by atoms with Crippen molar-refractivity contribution in [2.24, 2.45) is 10.9 Å². The molecule has 6 heteroatoms. The number of anilines is 1. The summed E-state index contributed by atoms with van der Waals surface area (Å²) >= 11 is 6.13. The number of nitrogens with one attached hydrogen (secondary N) is 1. The Kier molecular flexibility index (Phi) is 5.55. The third kappa shape index (κ3) is 4.26. The van der Waals surface area contributed by atoms with Crippen LogP contribution in [0.1, 0.15) is 19.3 Å². The highest BCUT2D eigenvalue weighted by atomic mass is 35.5. The van der Waals surface area contributed by atoms with E-state index in [0.29, 0.717) is 0 Å². The maximum atomic E-state index is 6.13. The molecule has 0 aromatic heterocycles. The van der Waals surface area contributed by atoms with Crippen molar-refractivity contribution in [2.75, 3.05) is 57.8 Å². The molecule has 4 rings (SSSR count). The molecule has 1 atom stereocenters. The van der Waals surface area contributed by atoms with E-state index in [2.05, 4.69) is 37.1 Å². The molecule has 1 aliphatic carbocycles. The van der Waals surface area contributed by atoms with Crippen molar-refractivity contribution in [2.45, 2.75) is 25.3 Å². The number of hydrogen-bond donors (Lipinski definition) is 1. The van der Waals surface area contributed by atoms with Gasteiger partial charge in [0.25, 0.3) is 0 Å². The molecular formula is C20H30ClN5. The molecule has 1 N–H and O–H groups in total. The summed E-state index contributed by atoms with van der Waals surface area (Å²) in [6.07, 6.45) is 4.15. The number of guanidine groups is 1. The van der Waals surface area contributed by atoms with Crippen LogP contribution in [0.3, 0.4) is 0 Å². The van der Waals surface area contributed by atoms with Crippen LogP contribution < -0.4 is 10.2 Å². The average Bonchev–Trinajstić information content (AvgIpc) is 3.41. The molecule has 3 aliphatic rings. The molecular weight excluding hydrogens is 346 g/mol. The third-order valence-electron chi connectivity index (χ3n) is 5.89. The van der Waals surface area contributed by atoms with Gasteiger partial charge in [0.15, 0.2) is 5.96 Å². The molecule has 5 nitrogen and oxygen atoms in total. The Morgan fingerprint density at radius 1 is 1.15 bits per heavy atom. The fourth-order valence-corrected chi connectivity index (χ4v) is 4.40. The highest BCUT2D eigenvalue weighted by molar-refractivity contribution is 6.30. The predicted octanol–water partition coefficient (Wildman–Crippen LogP) is 2.52. The molecule has 0 radical (unpaired) electrons. The van der Waals surface area contributed by atoms with Crippen molar-refractivity contribution in [3.05, 3.63) is 29.3 Å². The van der Waals surface area contributed by atoms with Crippen molar-refractivity contribution in [3.8, 4) is 0 Å². The quantitative estimate of drug-likeness (QED) is 0.647. The van der Waals surface area contributed by atoms with Gasteiger partial charge in [-0.3, -0.25) is 4.99 Å². The number of rotatable bonds is 4. The highest BCUT2D eigenvalue weighted by Gasteiger charge is 2.34. The van der Waals surface area contributed by atoms with Crippen LogP contribution in [0, 0.1) is 5.92 Å². The molecule has 1 unspecified atom stereocenters. The molecule has 0 amide bonds. The van der Waals surface area contributed by atoms with Crippen LogP contribution in [0.4, 0.5) is 5.69 Å². The maximum Gasteiger partial charge on any atom is 0.193 e. The first-order valence-electron chi connectivity index (χ1n) is 9.93. The van der Waals surface area contributed by atoms with Gasteiger partial charge in [-0.2, -0.15) is 0 Å². The van der Waals surface area contributed by atoms with Crippen LogP contribution in [0.5, 0.6) is 0 Å². The molecule has 2 saturated heterocycles. The molecule has 0 bridgehead atoms. The lowest BCUT2D eigenvalue weighted by molar-refractivity contribution is 0.312. The Labute approximate surface area is 162 Å². The smallest absolute Gasteiger partial charge is 0.193 e. The van der Waals surface area contributed by atoms with Crippen molar-refractivity contribution >= 4 is 23.2 Å². The third-order valence-corrected chi connectivity index (χ3v) is 6.13. The second-order valence-electron chi connectivity index (χ2n) is 7.76. The molecule has 1 saturated carbocycles. The highest BCUT2D eigenvalue weighted by Crippen LogP contribution is 2.31. The fraction of sp³-hybridized carbons (Fsp3) is 0.650. The molecule has 2 aliphatic heterocycles. The average molecular weight is 376 g/mol. The van der Waals surface area contributed by atoms with E-state index in [0.717, 1.165) is 55.7 Å². The zero-order valence-corrected chi connectivity index (χ0v) is 16.5. The van der Waals surface area contributed by atoms with Crippen molar-refractivity contribution < 1.29 is 0 Å². The summed E-state index contributed by atoms with van der Waals surface area (Å²) in [5, 5.41) is 4.44. The summed E-state index contributed by atoms with van der Waals surface area (Å²) in [5.74, 6) is 1.82. The van der Waals surface area contributed by atoms with Gasteiger partial charge >= 0.3 is 0 Å². The summed E-state index contributed by atoms with van der Waals surface area (Å²) in [6, 6.07) is 9.05. The van der Waals surface area contributed by atoms with E-state index in [-0.39, 0.29) is 0 Å². The number of halogens is 1. The Morgan fingerprint density at radius 3 is 2.65 bits per heavy atom. The molecule has 3 fully saturated rings. The maximum absolute atomic E-state index is 6.13. The van der Waals surface area contributed by atoms with Crippen LogP contribution >= 0.6 is 11.6 Å². The Morgan fingerprint density at radius 2 is 1.96 bits per heavy atom. The van der Waals surface area contributed by atoms with Crippen molar-refractivity contribution in [1.82, 2.24) is 15.1 Å². The van der Waals surface area contributed by atoms with Gasteiger partial charge in [0.2, 0.25) is 0 Å². The first-order valence-corrected chi connectivity index (χ1v) is 10.3. The first kappa shape index (κ1) is 17.9. The largest absolute Gasteiger partial charge is 0.368 e. The van der Waals surface area contributed by atoms with Crippen LogP contribution in [0.2, 0.25) is 5.02 Å². The van der Waals surface area contributed by atoms with Crippen molar-refractivity contribution in [3.63, 3.8) is 0 Å². The summed E-state index contributed by atoms with van der Waals surface area (Å²) < 4.78 is 0. The summed E-state index contributed by atoms with van der Waals surface area (Å²) in [4.78, 5) is 12.0. The van der Waals surface area contributed by atoms with E-state index >= 15 is 0 Å². The molecule has 2 heterocycles. The Hall–Kier alpha value is -1.46. The predicted molar refractivity (Wildman–Crippen MR) is 109 cm³/mol. The first-order chi connectivity index (χ1) is 12.7. The van der Waals surface area contributed by atoms with Crippen LogP contribution in [-0.4, -0.2) is 74.7 Å². The fourth-order valence-electron chi connectivity index (χ4n) is 4.22. The molecule has 26 heavy (non-hydrogen) atoms. The lowest BCUT2D eigenvalue weighted by Gasteiger charge is -2.38. The summed E-state index contributed by atoms with van der Waals surface area (Å²) in [5.41, 5.74) is 1.21. The van der Waals surface area contributed by atoms with E-state index in [9.17, 15) is 0 Å². The van der Waals surface area contributed by atoms with E-state index in [1.54, 1.807) is 0 Å². The normalized spacial score (nSPS) is 25.0. The number of piperazine rings is 1. The Bertz CT molecular complexity index is 637. The minimum atomic E-state index is 0.764. The molecule has 1 aromatic rings. The van der Waals surface area contributed by atoms with E-state index < -0.39 is 0 Å². The van der Waals surface area contributed by atoms with E-state index in [1.165, 1.54) is 38.0 Å². The van der Waals surface area contributed by atoms with Gasteiger partial charge in [0.1, 0.15) is 0 Å². The number of aliphatic imine (C=N–C) groups is 1. The molecule has 0 spiro atoms. The Balaban J connectivity index is 1.24. The van der Waals surface area contributed by atoms with Crippen LogP contribution in [0.15, 0.2) is 29.3 Å². The monoisotopic (exact) mass is 375 g/mol. The number of nitrogens with zero attached hydrogens (tertiary/aromatic N) is 4. The zero-order chi connectivity index (χ0) is 17.9. The molecule has 1 aromatic carbocycles. The van der Waals surface area contributed by atoms with Crippen LogP contribution in [-0.2, 0) is 0 Å². The zero-order valence-electron chi connectivity index (χ0n) is 15.7. The topological polar surface area (TPSA) is 34.1 Å². The minimum Gasteiger partial charge on any atom is -0.368 e. The van der Waals surface area contributed by atoms with Crippen molar-refractivity contribution in [1.29, 1.82) is 0 Å². The summed E-state index contributed by atoms with van der Waals surface area (Å²) in [7, 11) is 1.90. The van der Waals surface area contributed by atoms with E-state index in [1.807, 2.05) is 19.2 Å². The van der Waals surface area contributed by atoms with Crippen LogP contribution in [0.25, 0.3) is 0 Å². The van der Waals surface area contributed by atoms with Gasteiger partial charge in [0.05, 0.1) is 0 Å². The lowest BCUT2D eigenvalue weighted by atomic mass is 10.1. The lowest BCUT2D eigenvalue weighted by Crippen LogP contribution is -2.53. The molecule has 142 valence electrons. The number of likely N-dealkylation sites (tertiary alicyclic amines) is 1. The van der Waals surface area contributed by atoms with E-state index in [4.69, 9.17) is 11.6 Å². The van der Waals surface area contributed by atoms with Gasteiger partial charge in [-0.25, -0.2) is 0 Å². The van der Waals surface area contributed by atoms with Gasteiger partial charge < -0.3 is 20.0 Å². The van der Waals surface area contributed by atoms with Gasteiger partial charge in [-0.05, 0) is 49.9 Å². The van der Waals surface area contributed by atoms with Gasteiger partial charge in [-0.15, -0.1) is 0 Å². The minimum absolute atomic E-state index is 0.764. The number of benzene rings is 1. The number of hydrogen-bond acceptors (Lipinski definition) is 3. The summed E-state index contributed by atoms with van der Waals surface area (Å²) in [6.45, 7) is 7.57. The second kappa shape index (κ2) is 8.05. The van der Waals surface area contributed by atoms with Gasteiger partial charge in [-0.1, -0.05) is 17.7 Å². The SMILES string of the molecule is CN=C(NCC1CCN(C2CC2)C1)N1CCN(c2cccc(Cl)c2)CC1. The standard InChI is InChI=1S/C20H30ClN5/c1-22-20(23-14-16-7-8-26(15-16)18-5-6-18)25-11-9-24(10-12-25)19-4-2-3-17(21)13-19/h2-4,13,16,18H,5-12,14-15H2,1H3,(H,22,23).